The summed E-state index contributed by atoms with van der Waals surface area (Å²) in [6, 6.07) is 9.14. The molecule has 1 heterocycles. The standard InChI is InChI=1S/C15H19ClN2O3/c16-14(12-4-2-1-3-5-12)15(20)17-7-6-13(19)18-8-10-21-11-9-18/h1-5,14H,6-11H2,(H,17,20). The number of carbonyl (C=O) groups excluding carboxylic acids is 2. The van der Waals surface area contributed by atoms with E-state index >= 15 is 0 Å². The minimum atomic E-state index is -0.732. The minimum Gasteiger partial charge on any atom is -0.378 e. The SMILES string of the molecule is O=C(NCCC(=O)N1CCOCC1)C(Cl)c1ccccc1. The van der Waals surface area contributed by atoms with E-state index in [0.717, 1.165) is 5.56 Å². The summed E-state index contributed by atoms with van der Waals surface area (Å²) in [5, 5.41) is 1.97. The molecule has 0 radical (unpaired) electrons. The van der Waals surface area contributed by atoms with Crippen LogP contribution in [0.25, 0.3) is 0 Å². The molecule has 5 nitrogen and oxygen atoms in total. The lowest BCUT2D eigenvalue weighted by Gasteiger charge is -2.26. The van der Waals surface area contributed by atoms with E-state index in [9.17, 15) is 9.59 Å². The van der Waals surface area contributed by atoms with Crippen LogP contribution in [0.3, 0.4) is 0 Å². The first-order valence-electron chi connectivity index (χ1n) is 7.01. The number of rotatable bonds is 5. The highest BCUT2D eigenvalue weighted by atomic mass is 35.5. The van der Waals surface area contributed by atoms with E-state index in [1.54, 1.807) is 17.0 Å². The number of amides is 2. The van der Waals surface area contributed by atoms with Crippen LogP contribution in [0, 0.1) is 0 Å². The molecule has 1 aromatic carbocycles. The largest absolute Gasteiger partial charge is 0.378 e. The summed E-state index contributed by atoms with van der Waals surface area (Å²) >= 11 is 6.10. The van der Waals surface area contributed by atoms with Crippen LogP contribution in [-0.2, 0) is 14.3 Å². The third-order valence-corrected chi connectivity index (χ3v) is 3.77. The van der Waals surface area contributed by atoms with Crippen LogP contribution < -0.4 is 5.32 Å². The Bertz CT molecular complexity index is 475. The van der Waals surface area contributed by atoms with Crippen LogP contribution in [0.5, 0.6) is 0 Å². The fraction of sp³-hybridized carbons (Fsp3) is 0.467. The molecule has 2 rings (SSSR count). The Morgan fingerprint density at radius 3 is 2.57 bits per heavy atom. The Kier molecular flexibility index (Phi) is 6.02. The predicted molar refractivity (Wildman–Crippen MR) is 80.1 cm³/mol. The van der Waals surface area contributed by atoms with Crippen molar-refractivity contribution in [2.75, 3.05) is 32.8 Å². The Labute approximate surface area is 129 Å². The molecule has 114 valence electrons. The molecule has 0 aliphatic carbocycles. The van der Waals surface area contributed by atoms with Gasteiger partial charge in [0.2, 0.25) is 11.8 Å². The van der Waals surface area contributed by atoms with Gasteiger partial charge in [0.25, 0.3) is 0 Å². The van der Waals surface area contributed by atoms with Crippen LogP contribution in [0.1, 0.15) is 17.4 Å². The van der Waals surface area contributed by atoms with Crippen molar-refractivity contribution < 1.29 is 14.3 Å². The molecule has 1 aliphatic rings. The number of alkyl halides is 1. The molecule has 0 spiro atoms. The molecule has 1 aliphatic heterocycles. The zero-order chi connectivity index (χ0) is 15.1. The van der Waals surface area contributed by atoms with Crippen LogP contribution in [-0.4, -0.2) is 49.6 Å². The summed E-state index contributed by atoms with van der Waals surface area (Å²) in [6.45, 7) is 2.70. The monoisotopic (exact) mass is 310 g/mol. The summed E-state index contributed by atoms with van der Waals surface area (Å²) in [5.41, 5.74) is 0.746. The average Bonchev–Trinajstić information content (AvgIpc) is 2.55. The zero-order valence-electron chi connectivity index (χ0n) is 11.8. The lowest BCUT2D eigenvalue weighted by Crippen LogP contribution is -2.42. The van der Waals surface area contributed by atoms with Gasteiger partial charge in [-0.1, -0.05) is 30.3 Å². The van der Waals surface area contributed by atoms with Crippen LogP contribution >= 0.6 is 11.6 Å². The van der Waals surface area contributed by atoms with E-state index in [2.05, 4.69) is 5.32 Å². The van der Waals surface area contributed by atoms with E-state index in [1.165, 1.54) is 0 Å². The maximum atomic E-state index is 11.9. The van der Waals surface area contributed by atoms with E-state index in [4.69, 9.17) is 16.3 Å². The molecule has 1 atom stereocenters. The molecule has 0 saturated carbocycles. The van der Waals surface area contributed by atoms with Crippen LogP contribution in [0.4, 0.5) is 0 Å². The van der Waals surface area contributed by atoms with Gasteiger partial charge < -0.3 is 15.0 Å². The van der Waals surface area contributed by atoms with Gasteiger partial charge in [-0.3, -0.25) is 9.59 Å². The smallest absolute Gasteiger partial charge is 0.242 e. The molecule has 2 amide bonds. The molecule has 0 bridgehead atoms. The lowest BCUT2D eigenvalue weighted by atomic mass is 10.1. The normalized spacial score (nSPS) is 16.3. The molecule has 1 saturated heterocycles. The van der Waals surface area contributed by atoms with Crippen molar-refractivity contribution in [3.8, 4) is 0 Å². The van der Waals surface area contributed by atoms with Crippen LogP contribution in [0.2, 0.25) is 0 Å². The average molecular weight is 311 g/mol. The number of halogens is 1. The Balaban J connectivity index is 1.72. The molecule has 1 fully saturated rings. The number of hydrogen-bond acceptors (Lipinski definition) is 3. The number of carbonyl (C=O) groups is 2. The van der Waals surface area contributed by atoms with Gasteiger partial charge in [0.15, 0.2) is 0 Å². The number of morpholine rings is 1. The summed E-state index contributed by atoms with van der Waals surface area (Å²) in [7, 11) is 0. The van der Waals surface area contributed by atoms with Gasteiger partial charge in [-0.2, -0.15) is 0 Å². The fourth-order valence-electron chi connectivity index (χ4n) is 2.13. The minimum absolute atomic E-state index is 0.0319. The van der Waals surface area contributed by atoms with Gasteiger partial charge in [0.05, 0.1) is 13.2 Å². The Hall–Kier alpha value is -1.59. The first-order chi connectivity index (χ1) is 10.2. The molecular weight excluding hydrogens is 292 g/mol. The molecule has 0 aromatic heterocycles. The van der Waals surface area contributed by atoms with Crippen molar-refractivity contribution >= 4 is 23.4 Å². The maximum Gasteiger partial charge on any atom is 0.242 e. The summed E-state index contributed by atoms with van der Waals surface area (Å²) in [5.74, 6) is -0.248. The van der Waals surface area contributed by atoms with E-state index in [1.807, 2.05) is 18.2 Å². The van der Waals surface area contributed by atoms with E-state index < -0.39 is 5.38 Å². The summed E-state index contributed by atoms with van der Waals surface area (Å²) < 4.78 is 5.19. The van der Waals surface area contributed by atoms with Crippen LogP contribution in [0.15, 0.2) is 30.3 Å². The number of benzene rings is 1. The van der Waals surface area contributed by atoms with Gasteiger partial charge in [-0.25, -0.2) is 0 Å². The summed E-state index contributed by atoms with van der Waals surface area (Å²) in [4.78, 5) is 25.6. The zero-order valence-corrected chi connectivity index (χ0v) is 12.5. The Morgan fingerprint density at radius 1 is 1.24 bits per heavy atom. The maximum absolute atomic E-state index is 11.9. The van der Waals surface area contributed by atoms with Gasteiger partial charge >= 0.3 is 0 Å². The lowest BCUT2D eigenvalue weighted by molar-refractivity contribution is -0.135. The van der Waals surface area contributed by atoms with Crippen molar-refractivity contribution in [1.29, 1.82) is 0 Å². The number of nitrogens with zero attached hydrogens (tertiary/aromatic N) is 1. The van der Waals surface area contributed by atoms with Crippen molar-refractivity contribution in [1.82, 2.24) is 10.2 Å². The molecule has 1 aromatic rings. The number of ether oxygens (including phenoxy) is 1. The van der Waals surface area contributed by atoms with Crippen molar-refractivity contribution in [3.05, 3.63) is 35.9 Å². The first-order valence-corrected chi connectivity index (χ1v) is 7.44. The van der Waals surface area contributed by atoms with Gasteiger partial charge in [-0.15, -0.1) is 11.6 Å². The van der Waals surface area contributed by atoms with Gasteiger partial charge in [0, 0.05) is 26.1 Å². The molecule has 21 heavy (non-hydrogen) atoms. The highest BCUT2D eigenvalue weighted by Crippen LogP contribution is 2.19. The third-order valence-electron chi connectivity index (χ3n) is 3.32. The van der Waals surface area contributed by atoms with Crippen molar-refractivity contribution in [2.24, 2.45) is 0 Å². The van der Waals surface area contributed by atoms with Crippen molar-refractivity contribution in [2.45, 2.75) is 11.8 Å². The van der Waals surface area contributed by atoms with E-state index in [-0.39, 0.29) is 18.2 Å². The third kappa shape index (κ3) is 4.72. The highest BCUT2D eigenvalue weighted by molar-refractivity contribution is 6.30. The second-order valence-electron chi connectivity index (χ2n) is 4.81. The molecule has 1 unspecified atom stereocenters. The van der Waals surface area contributed by atoms with E-state index in [0.29, 0.717) is 32.8 Å². The highest BCUT2D eigenvalue weighted by Gasteiger charge is 2.19. The Morgan fingerprint density at radius 2 is 1.90 bits per heavy atom. The molecule has 6 heteroatoms. The van der Waals surface area contributed by atoms with Crippen molar-refractivity contribution in [3.63, 3.8) is 0 Å². The second kappa shape index (κ2) is 8.00. The fourth-order valence-corrected chi connectivity index (χ4v) is 2.35. The first kappa shape index (κ1) is 15.8. The molecule has 1 N–H and O–H groups in total. The quantitative estimate of drug-likeness (QED) is 0.835. The predicted octanol–water partition coefficient (Wildman–Crippen LogP) is 1.33. The van der Waals surface area contributed by atoms with Gasteiger partial charge in [0.1, 0.15) is 5.38 Å². The van der Waals surface area contributed by atoms with Gasteiger partial charge in [-0.05, 0) is 5.56 Å². The summed E-state index contributed by atoms with van der Waals surface area (Å²) in [6.07, 6.45) is 0.282. The molecular formula is C15H19ClN2O3. The topological polar surface area (TPSA) is 58.6 Å². The second-order valence-corrected chi connectivity index (χ2v) is 5.24. The number of nitrogens with one attached hydrogen (secondary N) is 1. The number of hydrogen-bond donors (Lipinski definition) is 1.